The van der Waals surface area contributed by atoms with Gasteiger partial charge in [0.05, 0.1) is 24.2 Å². The minimum Gasteiger partial charge on any atom is -0.495 e. The first-order valence-electron chi connectivity index (χ1n) is 9.78. The van der Waals surface area contributed by atoms with Gasteiger partial charge in [-0.2, -0.15) is 0 Å². The van der Waals surface area contributed by atoms with E-state index in [9.17, 15) is 0 Å². The highest BCUT2D eigenvalue weighted by molar-refractivity contribution is 6.31. The van der Waals surface area contributed by atoms with Crippen LogP contribution in [0.3, 0.4) is 0 Å². The summed E-state index contributed by atoms with van der Waals surface area (Å²) in [5.74, 6) is 0.837. The van der Waals surface area contributed by atoms with Crippen LogP contribution < -0.4 is 9.64 Å². The van der Waals surface area contributed by atoms with Crippen molar-refractivity contribution >= 4 is 39.4 Å². The predicted octanol–water partition coefficient (Wildman–Crippen LogP) is 7.61. The Morgan fingerprint density at radius 2 is 1.52 bits per heavy atom. The molecule has 0 amide bonds. The van der Waals surface area contributed by atoms with Gasteiger partial charge < -0.3 is 9.64 Å². The Morgan fingerprint density at radius 3 is 2.34 bits per heavy atom. The van der Waals surface area contributed by atoms with Crippen molar-refractivity contribution in [1.29, 1.82) is 0 Å². The number of halogens is 1. The van der Waals surface area contributed by atoms with E-state index in [4.69, 9.17) is 16.3 Å². The Hall–Kier alpha value is -2.97. The van der Waals surface area contributed by atoms with Crippen molar-refractivity contribution in [3.8, 4) is 5.75 Å². The first-order chi connectivity index (χ1) is 14.0. The summed E-state index contributed by atoms with van der Waals surface area (Å²) in [6.45, 7) is 4.55. The number of rotatable bonds is 2. The van der Waals surface area contributed by atoms with Gasteiger partial charge in [-0.1, -0.05) is 80.0 Å². The summed E-state index contributed by atoms with van der Waals surface area (Å²) >= 11 is 6.48. The number of anilines is 3. The van der Waals surface area contributed by atoms with Gasteiger partial charge >= 0.3 is 0 Å². The van der Waals surface area contributed by atoms with Crippen LogP contribution in [-0.4, -0.2) is 7.11 Å². The second kappa shape index (κ2) is 6.53. The molecule has 0 fully saturated rings. The minimum atomic E-state index is -0.134. The summed E-state index contributed by atoms with van der Waals surface area (Å²) in [4.78, 5) is 2.31. The lowest BCUT2D eigenvalue weighted by Gasteiger charge is -2.42. The molecule has 5 rings (SSSR count). The predicted molar refractivity (Wildman–Crippen MR) is 122 cm³/mol. The van der Waals surface area contributed by atoms with Crippen LogP contribution in [0, 0.1) is 0 Å². The lowest BCUT2D eigenvalue weighted by Crippen LogP contribution is -2.30. The normalized spacial score (nSPS) is 14.4. The standard InChI is InChI=1S/C26H22ClNO/c1-26(2)20-10-6-7-11-22(20)28(23-16-18(27)13-14-21(23)26)25-19-9-5-4-8-17(19)12-15-24(25)29-3/h4-16H,1-3H3. The van der Waals surface area contributed by atoms with Crippen molar-refractivity contribution in [3.63, 3.8) is 0 Å². The summed E-state index contributed by atoms with van der Waals surface area (Å²) in [6.07, 6.45) is 0. The van der Waals surface area contributed by atoms with Crippen LogP contribution in [0.5, 0.6) is 5.75 Å². The molecule has 0 saturated carbocycles. The molecule has 0 saturated heterocycles. The van der Waals surface area contributed by atoms with Crippen LogP contribution >= 0.6 is 11.6 Å². The third kappa shape index (κ3) is 2.63. The second-order valence-electron chi connectivity index (χ2n) is 7.98. The molecule has 0 N–H and O–H groups in total. The van der Waals surface area contributed by atoms with E-state index < -0.39 is 0 Å². The quantitative estimate of drug-likeness (QED) is 0.344. The molecule has 29 heavy (non-hydrogen) atoms. The highest BCUT2D eigenvalue weighted by atomic mass is 35.5. The van der Waals surface area contributed by atoms with Gasteiger partial charge in [-0.05, 0) is 40.8 Å². The third-order valence-corrected chi connectivity index (χ3v) is 6.23. The number of para-hydroxylation sites is 1. The zero-order valence-electron chi connectivity index (χ0n) is 16.7. The molecule has 0 unspecified atom stereocenters. The lowest BCUT2D eigenvalue weighted by atomic mass is 9.73. The lowest BCUT2D eigenvalue weighted by molar-refractivity contribution is 0.416. The average molecular weight is 400 g/mol. The maximum Gasteiger partial charge on any atom is 0.143 e. The van der Waals surface area contributed by atoms with Crippen molar-refractivity contribution in [2.45, 2.75) is 19.3 Å². The molecule has 0 spiro atoms. The van der Waals surface area contributed by atoms with E-state index in [0.717, 1.165) is 33.2 Å². The van der Waals surface area contributed by atoms with E-state index in [0.29, 0.717) is 0 Å². The first-order valence-corrected chi connectivity index (χ1v) is 10.2. The van der Waals surface area contributed by atoms with Crippen LogP contribution in [0.4, 0.5) is 17.1 Å². The highest BCUT2D eigenvalue weighted by Gasteiger charge is 2.38. The van der Waals surface area contributed by atoms with E-state index in [1.165, 1.54) is 16.5 Å². The molecular weight excluding hydrogens is 378 g/mol. The van der Waals surface area contributed by atoms with Gasteiger partial charge in [-0.15, -0.1) is 0 Å². The first kappa shape index (κ1) is 18.1. The Bertz CT molecular complexity index is 1240. The number of benzene rings is 4. The van der Waals surface area contributed by atoms with E-state index in [-0.39, 0.29) is 5.41 Å². The van der Waals surface area contributed by atoms with E-state index in [1.54, 1.807) is 7.11 Å². The summed E-state index contributed by atoms with van der Waals surface area (Å²) in [7, 11) is 1.73. The van der Waals surface area contributed by atoms with Crippen LogP contribution in [0.25, 0.3) is 10.8 Å². The largest absolute Gasteiger partial charge is 0.495 e. The second-order valence-corrected chi connectivity index (χ2v) is 8.41. The van der Waals surface area contributed by atoms with Gasteiger partial charge in [0.1, 0.15) is 5.75 Å². The number of ether oxygens (including phenoxy) is 1. The molecule has 2 nitrogen and oxygen atoms in total. The number of methoxy groups -OCH3 is 1. The SMILES string of the molecule is COc1ccc2ccccc2c1N1c2ccccc2C(C)(C)c2ccc(Cl)cc21. The summed E-state index contributed by atoms with van der Waals surface area (Å²) in [5, 5.41) is 3.05. The van der Waals surface area contributed by atoms with Gasteiger partial charge in [0.15, 0.2) is 0 Å². The summed E-state index contributed by atoms with van der Waals surface area (Å²) < 4.78 is 5.84. The van der Waals surface area contributed by atoms with E-state index >= 15 is 0 Å². The molecule has 0 bridgehead atoms. The molecule has 0 atom stereocenters. The topological polar surface area (TPSA) is 12.5 Å². The van der Waals surface area contributed by atoms with Crippen molar-refractivity contribution in [2.24, 2.45) is 0 Å². The van der Waals surface area contributed by atoms with Gasteiger partial charge in [0, 0.05) is 15.8 Å². The fraction of sp³-hybridized carbons (Fsp3) is 0.154. The van der Waals surface area contributed by atoms with Crippen molar-refractivity contribution in [1.82, 2.24) is 0 Å². The smallest absolute Gasteiger partial charge is 0.143 e. The van der Waals surface area contributed by atoms with Crippen LogP contribution in [0.1, 0.15) is 25.0 Å². The molecule has 0 radical (unpaired) electrons. The number of fused-ring (bicyclic) bond motifs is 3. The van der Waals surface area contributed by atoms with Gasteiger partial charge in [-0.25, -0.2) is 0 Å². The molecule has 144 valence electrons. The average Bonchev–Trinajstić information content (AvgIpc) is 2.73. The maximum atomic E-state index is 6.48. The van der Waals surface area contributed by atoms with Crippen molar-refractivity contribution in [3.05, 3.63) is 95.0 Å². The van der Waals surface area contributed by atoms with Crippen LogP contribution in [-0.2, 0) is 5.41 Å². The molecule has 0 aromatic heterocycles. The minimum absolute atomic E-state index is 0.134. The zero-order chi connectivity index (χ0) is 20.2. The molecule has 0 aliphatic carbocycles. The molecule has 1 aliphatic heterocycles. The number of hydrogen-bond acceptors (Lipinski definition) is 2. The number of hydrogen-bond donors (Lipinski definition) is 0. The van der Waals surface area contributed by atoms with Crippen LogP contribution in [0.2, 0.25) is 5.02 Å². The van der Waals surface area contributed by atoms with Gasteiger partial charge in [-0.3, -0.25) is 0 Å². The molecule has 4 aromatic rings. The Kier molecular flexibility index (Phi) is 4.07. The zero-order valence-corrected chi connectivity index (χ0v) is 17.5. The Morgan fingerprint density at radius 1 is 0.793 bits per heavy atom. The summed E-state index contributed by atoms with van der Waals surface area (Å²) in [6, 6.07) is 27.4. The van der Waals surface area contributed by atoms with Crippen LogP contribution in [0.15, 0.2) is 78.9 Å². The van der Waals surface area contributed by atoms with Gasteiger partial charge in [0.2, 0.25) is 0 Å². The fourth-order valence-electron chi connectivity index (χ4n) is 4.56. The Balaban J connectivity index is 1.93. The third-order valence-electron chi connectivity index (χ3n) is 6.00. The fourth-order valence-corrected chi connectivity index (χ4v) is 4.73. The molecule has 3 heteroatoms. The highest BCUT2D eigenvalue weighted by Crippen LogP contribution is 2.55. The monoisotopic (exact) mass is 399 g/mol. The molecular formula is C26H22ClNO. The van der Waals surface area contributed by atoms with Crippen molar-refractivity contribution < 1.29 is 4.74 Å². The van der Waals surface area contributed by atoms with E-state index in [2.05, 4.69) is 85.5 Å². The maximum absolute atomic E-state index is 6.48. The van der Waals surface area contributed by atoms with E-state index in [1.807, 2.05) is 12.1 Å². The number of nitrogens with zero attached hydrogens (tertiary/aromatic N) is 1. The van der Waals surface area contributed by atoms with Crippen molar-refractivity contribution in [2.75, 3.05) is 12.0 Å². The molecule has 4 aromatic carbocycles. The summed E-state index contributed by atoms with van der Waals surface area (Å²) in [5.41, 5.74) is 5.68. The molecule has 1 aliphatic rings. The van der Waals surface area contributed by atoms with Gasteiger partial charge in [0.25, 0.3) is 0 Å². The molecule has 1 heterocycles. The Labute approximate surface area is 176 Å².